The zero-order chi connectivity index (χ0) is 16.4. The average Bonchev–Trinajstić information content (AvgIpc) is 2.92. The van der Waals surface area contributed by atoms with Gasteiger partial charge in [0.05, 0.1) is 0 Å². The van der Waals surface area contributed by atoms with E-state index in [1.807, 2.05) is 11.0 Å². The fourth-order valence-corrected chi connectivity index (χ4v) is 3.65. The van der Waals surface area contributed by atoms with Gasteiger partial charge in [0.2, 0.25) is 0 Å². The molecule has 0 spiro atoms. The topological polar surface area (TPSA) is 52.7 Å². The lowest BCUT2D eigenvalue weighted by Gasteiger charge is -2.21. The second-order valence-corrected chi connectivity index (χ2v) is 6.83. The molecule has 2 heterocycles. The van der Waals surface area contributed by atoms with Crippen molar-refractivity contribution in [2.45, 2.75) is 12.8 Å². The number of nitrogens with one attached hydrogen (secondary N) is 1. The van der Waals surface area contributed by atoms with Crippen molar-refractivity contribution in [3.05, 3.63) is 35.4 Å². The van der Waals surface area contributed by atoms with E-state index in [1.165, 1.54) is 4.90 Å². The number of halogens is 1. The highest BCUT2D eigenvalue weighted by molar-refractivity contribution is 5.99. The molecule has 1 N–H and O–H groups in total. The van der Waals surface area contributed by atoms with Crippen LogP contribution in [0.5, 0.6) is 0 Å². The van der Waals surface area contributed by atoms with Crippen molar-refractivity contribution >= 4 is 24.2 Å². The van der Waals surface area contributed by atoms with Gasteiger partial charge in [0, 0.05) is 38.3 Å². The molecule has 1 aromatic carbocycles. The van der Waals surface area contributed by atoms with Crippen LogP contribution in [0.4, 0.5) is 0 Å². The average molecular weight is 352 g/mol. The molecule has 0 aliphatic carbocycles. The van der Waals surface area contributed by atoms with Crippen LogP contribution in [0.15, 0.2) is 24.3 Å². The Morgan fingerprint density at radius 1 is 1.08 bits per heavy atom. The number of hydrogen-bond donors (Lipinski definition) is 1. The SMILES string of the molecule is CN(C)C(=O)c1cccc(C(=O)N2CC[C@@H]3CNC[C@@H]3CC2)c1.Cl. The van der Waals surface area contributed by atoms with Gasteiger partial charge in [0.1, 0.15) is 0 Å². The number of benzene rings is 1. The summed E-state index contributed by atoms with van der Waals surface area (Å²) in [5, 5.41) is 3.45. The van der Waals surface area contributed by atoms with Crippen LogP contribution in [-0.2, 0) is 0 Å². The van der Waals surface area contributed by atoms with E-state index in [0.717, 1.165) is 39.0 Å². The monoisotopic (exact) mass is 351 g/mol. The number of likely N-dealkylation sites (tertiary alicyclic amines) is 1. The molecule has 5 nitrogen and oxygen atoms in total. The van der Waals surface area contributed by atoms with E-state index in [1.54, 1.807) is 32.3 Å². The lowest BCUT2D eigenvalue weighted by atomic mass is 9.92. The van der Waals surface area contributed by atoms with Crippen molar-refractivity contribution < 1.29 is 9.59 Å². The van der Waals surface area contributed by atoms with E-state index in [9.17, 15) is 9.59 Å². The number of nitrogens with zero attached hydrogens (tertiary/aromatic N) is 2. The molecular weight excluding hydrogens is 326 g/mol. The van der Waals surface area contributed by atoms with Crippen LogP contribution >= 0.6 is 12.4 Å². The third-order valence-corrected chi connectivity index (χ3v) is 5.07. The minimum absolute atomic E-state index is 0. The first-order valence-electron chi connectivity index (χ1n) is 8.38. The lowest BCUT2D eigenvalue weighted by Crippen LogP contribution is -2.33. The van der Waals surface area contributed by atoms with Crippen molar-refractivity contribution in [1.82, 2.24) is 15.1 Å². The largest absolute Gasteiger partial charge is 0.345 e. The van der Waals surface area contributed by atoms with Crippen LogP contribution in [0.3, 0.4) is 0 Å². The zero-order valence-corrected chi connectivity index (χ0v) is 15.1. The Morgan fingerprint density at radius 3 is 2.25 bits per heavy atom. The standard InChI is InChI=1S/C18H25N3O2.ClH/c1-20(2)17(22)13-4-3-5-14(10-13)18(23)21-8-6-15-11-19-12-16(15)7-9-21;/h3-5,10,15-16,19H,6-9,11-12H2,1-2H3;1H/t15-,16+;. The first-order valence-corrected chi connectivity index (χ1v) is 8.38. The molecule has 6 heteroatoms. The Bertz CT molecular complexity index is 592. The Labute approximate surface area is 149 Å². The van der Waals surface area contributed by atoms with Crippen LogP contribution in [0.25, 0.3) is 0 Å². The van der Waals surface area contributed by atoms with Gasteiger partial charge in [-0.25, -0.2) is 0 Å². The maximum absolute atomic E-state index is 12.8. The van der Waals surface area contributed by atoms with Crippen LogP contribution in [0, 0.1) is 11.8 Å². The van der Waals surface area contributed by atoms with Gasteiger partial charge in [-0.15, -0.1) is 12.4 Å². The highest BCUT2D eigenvalue weighted by Crippen LogP contribution is 2.27. The second-order valence-electron chi connectivity index (χ2n) is 6.83. The summed E-state index contributed by atoms with van der Waals surface area (Å²) >= 11 is 0. The van der Waals surface area contributed by atoms with Gasteiger partial charge in [0.25, 0.3) is 11.8 Å². The predicted molar refractivity (Wildman–Crippen MR) is 96.7 cm³/mol. The highest BCUT2D eigenvalue weighted by Gasteiger charge is 2.31. The zero-order valence-electron chi connectivity index (χ0n) is 14.3. The molecule has 0 bridgehead atoms. The second kappa shape index (κ2) is 7.99. The summed E-state index contributed by atoms with van der Waals surface area (Å²) in [5.41, 5.74) is 1.18. The highest BCUT2D eigenvalue weighted by atomic mass is 35.5. The molecular formula is C18H26ClN3O2. The third kappa shape index (κ3) is 3.90. The molecule has 3 rings (SSSR count). The van der Waals surface area contributed by atoms with Crippen LogP contribution in [-0.4, -0.2) is 61.9 Å². The quantitative estimate of drug-likeness (QED) is 0.885. The Balaban J connectivity index is 0.00000208. The molecule has 0 aromatic heterocycles. The van der Waals surface area contributed by atoms with E-state index in [4.69, 9.17) is 0 Å². The van der Waals surface area contributed by atoms with Crippen LogP contribution in [0.1, 0.15) is 33.6 Å². The van der Waals surface area contributed by atoms with Gasteiger partial charge in [-0.2, -0.15) is 0 Å². The number of carbonyl (C=O) groups excluding carboxylic acids is 2. The van der Waals surface area contributed by atoms with Gasteiger partial charge in [-0.3, -0.25) is 9.59 Å². The van der Waals surface area contributed by atoms with Crippen molar-refractivity contribution in [3.8, 4) is 0 Å². The van der Waals surface area contributed by atoms with Gasteiger partial charge >= 0.3 is 0 Å². The normalized spacial score (nSPS) is 23.0. The molecule has 2 amide bonds. The number of amides is 2. The molecule has 1 aromatic rings. The molecule has 0 unspecified atom stereocenters. The van der Waals surface area contributed by atoms with Crippen molar-refractivity contribution in [2.75, 3.05) is 40.3 Å². The molecule has 2 saturated heterocycles. The molecule has 2 aliphatic rings. The summed E-state index contributed by atoms with van der Waals surface area (Å²) in [6.45, 7) is 3.79. The number of rotatable bonds is 2. The molecule has 2 aliphatic heterocycles. The minimum Gasteiger partial charge on any atom is -0.345 e. The Hall–Kier alpha value is -1.59. The molecule has 0 radical (unpaired) electrons. The fourth-order valence-electron chi connectivity index (χ4n) is 3.65. The minimum atomic E-state index is -0.0730. The summed E-state index contributed by atoms with van der Waals surface area (Å²) in [7, 11) is 3.44. The van der Waals surface area contributed by atoms with E-state index >= 15 is 0 Å². The Morgan fingerprint density at radius 2 is 1.67 bits per heavy atom. The predicted octanol–water partition coefficient (Wildman–Crippen LogP) is 1.88. The number of fused-ring (bicyclic) bond motifs is 1. The maximum atomic E-state index is 12.8. The lowest BCUT2D eigenvalue weighted by molar-refractivity contribution is 0.0758. The van der Waals surface area contributed by atoms with E-state index in [-0.39, 0.29) is 24.2 Å². The number of hydrogen-bond acceptors (Lipinski definition) is 3. The third-order valence-electron chi connectivity index (χ3n) is 5.07. The first kappa shape index (κ1) is 18.7. The van der Waals surface area contributed by atoms with Gasteiger partial charge in [-0.05, 0) is 56.0 Å². The fraction of sp³-hybridized carbons (Fsp3) is 0.556. The summed E-state index contributed by atoms with van der Waals surface area (Å²) in [4.78, 5) is 28.4. The smallest absolute Gasteiger partial charge is 0.253 e. The molecule has 2 atom stereocenters. The van der Waals surface area contributed by atoms with Crippen molar-refractivity contribution in [3.63, 3.8) is 0 Å². The van der Waals surface area contributed by atoms with E-state index < -0.39 is 0 Å². The summed E-state index contributed by atoms with van der Waals surface area (Å²) in [5.74, 6) is 1.38. The molecule has 24 heavy (non-hydrogen) atoms. The Kier molecular flexibility index (Phi) is 6.24. The summed E-state index contributed by atoms with van der Waals surface area (Å²) in [6.07, 6.45) is 2.14. The van der Waals surface area contributed by atoms with Gasteiger partial charge < -0.3 is 15.1 Å². The maximum Gasteiger partial charge on any atom is 0.253 e. The first-order chi connectivity index (χ1) is 11.1. The van der Waals surface area contributed by atoms with Crippen LogP contribution < -0.4 is 5.32 Å². The van der Waals surface area contributed by atoms with Gasteiger partial charge in [-0.1, -0.05) is 6.07 Å². The number of carbonyl (C=O) groups is 2. The van der Waals surface area contributed by atoms with Crippen molar-refractivity contribution in [2.24, 2.45) is 11.8 Å². The van der Waals surface area contributed by atoms with E-state index in [0.29, 0.717) is 23.0 Å². The summed E-state index contributed by atoms with van der Waals surface area (Å²) < 4.78 is 0. The van der Waals surface area contributed by atoms with E-state index in [2.05, 4.69) is 5.32 Å². The molecule has 132 valence electrons. The van der Waals surface area contributed by atoms with Crippen molar-refractivity contribution in [1.29, 1.82) is 0 Å². The van der Waals surface area contributed by atoms with Crippen LogP contribution in [0.2, 0.25) is 0 Å². The molecule has 2 fully saturated rings. The summed E-state index contributed by atoms with van der Waals surface area (Å²) in [6, 6.07) is 7.08. The molecule has 0 saturated carbocycles. The van der Waals surface area contributed by atoms with Gasteiger partial charge in [0.15, 0.2) is 0 Å².